The molecule has 1 aromatic rings. The summed E-state index contributed by atoms with van der Waals surface area (Å²) < 4.78 is 5.12. The summed E-state index contributed by atoms with van der Waals surface area (Å²) in [5.41, 5.74) is 0.638. The van der Waals surface area contributed by atoms with E-state index in [9.17, 15) is 9.59 Å². The molecule has 3 rings (SSSR count). The Labute approximate surface area is 153 Å². The highest BCUT2D eigenvalue weighted by atomic mass is 35.5. The molecular weight excluding hydrogens is 342 g/mol. The number of carbonyl (C=O) groups is 2. The normalized spacial score (nSPS) is 20.5. The van der Waals surface area contributed by atoms with Gasteiger partial charge >= 0.3 is 6.03 Å². The zero-order chi connectivity index (χ0) is 17.8. The summed E-state index contributed by atoms with van der Waals surface area (Å²) in [4.78, 5) is 28.8. The first-order valence-electron chi connectivity index (χ1n) is 8.76. The van der Waals surface area contributed by atoms with Crippen LogP contribution in [0.25, 0.3) is 0 Å². The molecule has 1 aromatic carbocycles. The number of benzene rings is 1. The van der Waals surface area contributed by atoms with Crippen LogP contribution >= 0.6 is 11.6 Å². The van der Waals surface area contributed by atoms with Crippen molar-refractivity contribution in [3.63, 3.8) is 0 Å². The van der Waals surface area contributed by atoms with E-state index in [1.165, 1.54) is 0 Å². The first-order chi connectivity index (χ1) is 12.1. The van der Waals surface area contributed by atoms with Crippen molar-refractivity contribution >= 4 is 29.2 Å². The molecule has 2 aliphatic rings. The quantitative estimate of drug-likeness (QED) is 0.894. The van der Waals surface area contributed by atoms with Gasteiger partial charge in [0.25, 0.3) is 0 Å². The molecule has 2 heterocycles. The van der Waals surface area contributed by atoms with E-state index in [2.05, 4.69) is 5.32 Å². The Morgan fingerprint density at radius 2 is 1.88 bits per heavy atom. The average Bonchev–Trinajstić information content (AvgIpc) is 3.16. The summed E-state index contributed by atoms with van der Waals surface area (Å²) in [6, 6.07) is 5.23. The second-order valence-corrected chi connectivity index (χ2v) is 7.01. The average molecular weight is 366 g/mol. The smallest absolute Gasteiger partial charge is 0.320 e. The van der Waals surface area contributed by atoms with Gasteiger partial charge in [-0.2, -0.15) is 0 Å². The molecule has 2 saturated heterocycles. The van der Waals surface area contributed by atoms with Crippen molar-refractivity contribution in [1.29, 1.82) is 0 Å². The van der Waals surface area contributed by atoms with Crippen LogP contribution in [0.5, 0.6) is 5.75 Å². The number of urea groups is 1. The van der Waals surface area contributed by atoms with Crippen molar-refractivity contribution < 1.29 is 14.3 Å². The SMILES string of the molecule is COc1ccc(NC(=O)[C@H]2CCCN(C(=O)N3CCCC3)C2)cc1Cl. The van der Waals surface area contributed by atoms with Gasteiger partial charge in [0.05, 0.1) is 18.1 Å². The van der Waals surface area contributed by atoms with Crippen molar-refractivity contribution in [2.24, 2.45) is 5.92 Å². The van der Waals surface area contributed by atoms with Gasteiger partial charge in [-0.3, -0.25) is 4.79 Å². The number of piperidine rings is 1. The molecule has 0 saturated carbocycles. The highest BCUT2D eigenvalue weighted by Crippen LogP contribution is 2.28. The van der Waals surface area contributed by atoms with Crippen LogP contribution < -0.4 is 10.1 Å². The highest BCUT2D eigenvalue weighted by Gasteiger charge is 2.31. The maximum Gasteiger partial charge on any atom is 0.320 e. The van der Waals surface area contributed by atoms with Crippen LogP contribution in [-0.2, 0) is 4.79 Å². The van der Waals surface area contributed by atoms with Gasteiger partial charge in [-0.25, -0.2) is 4.79 Å². The maximum absolute atomic E-state index is 12.6. The summed E-state index contributed by atoms with van der Waals surface area (Å²) in [5, 5.41) is 3.36. The van der Waals surface area contributed by atoms with Crippen LogP contribution in [-0.4, -0.2) is 55.0 Å². The standard InChI is InChI=1S/C18H24ClN3O3/c1-25-16-7-6-14(11-15(16)19)20-17(23)13-5-4-10-22(12-13)18(24)21-8-2-3-9-21/h6-7,11,13H,2-5,8-10,12H2,1H3,(H,20,23)/t13-/m0/s1. The van der Waals surface area contributed by atoms with Gasteiger partial charge in [0, 0.05) is 31.9 Å². The lowest BCUT2D eigenvalue weighted by molar-refractivity contribution is -0.121. The zero-order valence-electron chi connectivity index (χ0n) is 14.5. The van der Waals surface area contributed by atoms with Crippen molar-refractivity contribution in [2.75, 3.05) is 38.6 Å². The Morgan fingerprint density at radius 1 is 1.16 bits per heavy atom. The van der Waals surface area contributed by atoms with Crippen LogP contribution in [0.4, 0.5) is 10.5 Å². The van der Waals surface area contributed by atoms with Crippen LogP contribution in [0.1, 0.15) is 25.7 Å². The number of nitrogens with zero attached hydrogens (tertiary/aromatic N) is 2. The van der Waals surface area contributed by atoms with E-state index in [-0.39, 0.29) is 17.9 Å². The molecule has 2 fully saturated rings. The number of hydrogen-bond donors (Lipinski definition) is 1. The van der Waals surface area contributed by atoms with Crippen LogP contribution in [0.3, 0.4) is 0 Å². The van der Waals surface area contributed by atoms with Gasteiger partial charge in [-0.1, -0.05) is 11.6 Å². The number of anilines is 1. The minimum atomic E-state index is -0.193. The number of amides is 3. The van der Waals surface area contributed by atoms with Crippen LogP contribution in [0.2, 0.25) is 5.02 Å². The number of nitrogens with one attached hydrogen (secondary N) is 1. The molecule has 0 unspecified atom stereocenters. The number of halogens is 1. The van der Waals surface area contributed by atoms with Gasteiger partial charge < -0.3 is 19.9 Å². The molecule has 0 aliphatic carbocycles. The fourth-order valence-corrected chi connectivity index (χ4v) is 3.72. The van der Waals surface area contributed by atoms with Crippen molar-refractivity contribution in [1.82, 2.24) is 9.80 Å². The Bertz CT molecular complexity index is 646. The van der Waals surface area contributed by atoms with Gasteiger partial charge in [0.1, 0.15) is 5.75 Å². The molecule has 6 nitrogen and oxygen atoms in total. The third-order valence-corrected chi connectivity index (χ3v) is 5.15. The van der Waals surface area contributed by atoms with Crippen molar-refractivity contribution in [3.05, 3.63) is 23.2 Å². The largest absolute Gasteiger partial charge is 0.495 e. The van der Waals surface area contributed by atoms with E-state index in [0.717, 1.165) is 45.3 Å². The van der Waals surface area contributed by atoms with Gasteiger partial charge in [0.15, 0.2) is 0 Å². The molecule has 0 radical (unpaired) electrons. The molecule has 0 spiro atoms. The Balaban J connectivity index is 1.59. The van der Waals surface area contributed by atoms with E-state index in [0.29, 0.717) is 23.0 Å². The molecule has 1 N–H and O–H groups in total. The number of methoxy groups -OCH3 is 1. The predicted molar refractivity (Wildman–Crippen MR) is 97.1 cm³/mol. The molecule has 136 valence electrons. The molecule has 1 atom stereocenters. The fourth-order valence-electron chi connectivity index (χ4n) is 3.46. The lowest BCUT2D eigenvalue weighted by atomic mass is 9.97. The summed E-state index contributed by atoms with van der Waals surface area (Å²) in [6.07, 6.45) is 3.78. The summed E-state index contributed by atoms with van der Waals surface area (Å²) in [7, 11) is 1.55. The molecular formula is C18H24ClN3O3. The van der Waals surface area contributed by atoms with E-state index < -0.39 is 0 Å². The fraction of sp³-hybridized carbons (Fsp3) is 0.556. The van der Waals surface area contributed by atoms with Crippen LogP contribution in [0.15, 0.2) is 18.2 Å². The monoisotopic (exact) mass is 365 g/mol. The number of ether oxygens (including phenoxy) is 1. The predicted octanol–water partition coefficient (Wildman–Crippen LogP) is 3.21. The maximum atomic E-state index is 12.6. The summed E-state index contributed by atoms with van der Waals surface area (Å²) in [5.74, 6) is 0.307. The summed E-state index contributed by atoms with van der Waals surface area (Å²) in [6.45, 7) is 2.87. The second-order valence-electron chi connectivity index (χ2n) is 6.60. The number of rotatable bonds is 3. The van der Waals surface area contributed by atoms with E-state index in [1.807, 2.05) is 9.80 Å². The van der Waals surface area contributed by atoms with Crippen molar-refractivity contribution in [3.8, 4) is 5.75 Å². The lowest BCUT2D eigenvalue weighted by Gasteiger charge is -2.34. The minimum absolute atomic E-state index is 0.0693. The molecule has 0 bridgehead atoms. The van der Waals surface area contributed by atoms with Crippen molar-refractivity contribution in [2.45, 2.75) is 25.7 Å². The first-order valence-corrected chi connectivity index (χ1v) is 9.14. The van der Waals surface area contributed by atoms with Gasteiger partial charge in [0.2, 0.25) is 5.91 Å². The molecule has 2 aliphatic heterocycles. The molecule has 3 amide bonds. The Kier molecular flexibility index (Phi) is 5.68. The zero-order valence-corrected chi connectivity index (χ0v) is 15.2. The topological polar surface area (TPSA) is 61.9 Å². The third kappa shape index (κ3) is 4.18. The molecule has 7 heteroatoms. The first kappa shape index (κ1) is 17.9. The second kappa shape index (κ2) is 7.95. The van der Waals surface area contributed by atoms with Crippen LogP contribution in [0, 0.1) is 5.92 Å². The van der Waals surface area contributed by atoms with Gasteiger partial charge in [-0.05, 0) is 43.9 Å². The Hall–Kier alpha value is -1.95. The minimum Gasteiger partial charge on any atom is -0.495 e. The van der Waals surface area contributed by atoms with E-state index in [4.69, 9.17) is 16.3 Å². The molecule has 0 aromatic heterocycles. The number of hydrogen-bond acceptors (Lipinski definition) is 3. The lowest BCUT2D eigenvalue weighted by Crippen LogP contribution is -2.48. The molecule has 25 heavy (non-hydrogen) atoms. The third-order valence-electron chi connectivity index (χ3n) is 4.86. The van der Waals surface area contributed by atoms with E-state index in [1.54, 1.807) is 25.3 Å². The summed E-state index contributed by atoms with van der Waals surface area (Å²) >= 11 is 6.10. The Morgan fingerprint density at radius 3 is 2.56 bits per heavy atom. The number of carbonyl (C=O) groups excluding carboxylic acids is 2. The van der Waals surface area contributed by atoms with Gasteiger partial charge in [-0.15, -0.1) is 0 Å². The highest BCUT2D eigenvalue weighted by molar-refractivity contribution is 6.32. The van der Waals surface area contributed by atoms with E-state index >= 15 is 0 Å². The number of likely N-dealkylation sites (tertiary alicyclic amines) is 2.